The topological polar surface area (TPSA) is 89.8 Å². The molecule has 1 saturated carbocycles. The number of nitrogens with zero attached hydrogens (tertiary/aromatic N) is 5. The molecule has 0 radical (unpaired) electrons. The maximum atomic E-state index is 5.59. The molecule has 8 heteroatoms. The SMILES string of the molecule is CNc1nc(NCC2(OC)CCC2)nc(-n2cccn2)n1. The molecule has 1 fully saturated rings. The van der Waals surface area contributed by atoms with Crippen LogP contribution in [0.15, 0.2) is 18.5 Å². The molecular formula is C13H19N7O. The molecule has 0 unspecified atom stereocenters. The van der Waals surface area contributed by atoms with Crippen LogP contribution in [0.3, 0.4) is 0 Å². The Balaban J connectivity index is 1.79. The van der Waals surface area contributed by atoms with Crippen molar-refractivity contribution in [2.24, 2.45) is 0 Å². The third kappa shape index (κ3) is 2.80. The zero-order valence-electron chi connectivity index (χ0n) is 12.2. The Morgan fingerprint density at radius 3 is 2.67 bits per heavy atom. The van der Waals surface area contributed by atoms with Crippen LogP contribution in [0.5, 0.6) is 0 Å². The molecule has 0 spiro atoms. The van der Waals surface area contributed by atoms with E-state index in [2.05, 4.69) is 30.7 Å². The predicted octanol–water partition coefficient (Wildman–Crippen LogP) is 1.08. The van der Waals surface area contributed by atoms with E-state index < -0.39 is 0 Å². The molecule has 3 rings (SSSR count). The maximum absolute atomic E-state index is 5.59. The molecule has 0 atom stereocenters. The second kappa shape index (κ2) is 5.65. The predicted molar refractivity (Wildman–Crippen MR) is 78.6 cm³/mol. The molecule has 0 bridgehead atoms. The largest absolute Gasteiger partial charge is 0.376 e. The lowest BCUT2D eigenvalue weighted by Gasteiger charge is -2.40. The molecule has 2 aromatic heterocycles. The van der Waals surface area contributed by atoms with Crippen molar-refractivity contribution in [1.82, 2.24) is 24.7 Å². The molecule has 0 amide bonds. The average molecular weight is 289 g/mol. The van der Waals surface area contributed by atoms with Gasteiger partial charge in [-0.3, -0.25) is 0 Å². The number of hydrogen-bond donors (Lipinski definition) is 2. The number of nitrogens with one attached hydrogen (secondary N) is 2. The first-order valence-electron chi connectivity index (χ1n) is 6.97. The lowest BCUT2D eigenvalue weighted by Crippen LogP contribution is -2.45. The molecule has 0 aromatic carbocycles. The minimum atomic E-state index is -0.0850. The van der Waals surface area contributed by atoms with Crippen LogP contribution in [-0.2, 0) is 4.74 Å². The molecule has 2 aromatic rings. The maximum Gasteiger partial charge on any atom is 0.257 e. The highest BCUT2D eigenvalue weighted by Crippen LogP contribution is 2.34. The first kappa shape index (κ1) is 13.7. The van der Waals surface area contributed by atoms with E-state index in [0.717, 1.165) is 12.8 Å². The summed E-state index contributed by atoms with van der Waals surface area (Å²) in [6, 6.07) is 1.82. The molecule has 0 aliphatic heterocycles. The minimum absolute atomic E-state index is 0.0850. The fourth-order valence-electron chi connectivity index (χ4n) is 2.31. The molecule has 0 saturated heterocycles. The Morgan fingerprint density at radius 1 is 1.29 bits per heavy atom. The van der Waals surface area contributed by atoms with Gasteiger partial charge in [0.15, 0.2) is 0 Å². The molecule has 21 heavy (non-hydrogen) atoms. The minimum Gasteiger partial charge on any atom is -0.376 e. The molecule has 8 nitrogen and oxygen atoms in total. The summed E-state index contributed by atoms with van der Waals surface area (Å²) < 4.78 is 7.19. The highest BCUT2D eigenvalue weighted by atomic mass is 16.5. The Hall–Kier alpha value is -2.22. The standard InChI is InChI=1S/C13H19N7O/c1-14-10-17-11(15-9-13(21-2)5-3-6-13)19-12(18-10)20-8-4-7-16-20/h4,7-8H,3,5-6,9H2,1-2H3,(H2,14,15,17,18,19). The summed E-state index contributed by atoms with van der Waals surface area (Å²) in [6.07, 6.45) is 6.80. The molecule has 1 aliphatic carbocycles. The van der Waals surface area contributed by atoms with Gasteiger partial charge in [0.25, 0.3) is 5.95 Å². The van der Waals surface area contributed by atoms with Crippen molar-refractivity contribution in [2.45, 2.75) is 24.9 Å². The Labute approximate surface area is 123 Å². The van der Waals surface area contributed by atoms with E-state index in [1.54, 1.807) is 31.2 Å². The zero-order valence-corrected chi connectivity index (χ0v) is 12.2. The fraction of sp³-hybridized carbons (Fsp3) is 0.538. The third-order valence-corrected chi connectivity index (χ3v) is 3.82. The molecule has 2 N–H and O–H groups in total. The van der Waals surface area contributed by atoms with Crippen molar-refractivity contribution >= 4 is 11.9 Å². The summed E-state index contributed by atoms with van der Waals surface area (Å²) in [5, 5.41) is 10.3. The van der Waals surface area contributed by atoms with E-state index in [4.69, 9.17) is 4.74 Å². The van der Waals surface area contributed by atoms with Gasteiger partial charge in [-0.15, -0.1) is 0 Å². The molecular weight excluding hydrogens is 270 g/mol. The van der Waals surface area contributed by atoms with Gasteiger partial charge in [-0.25, -0.2) is 4.68 Å². The van der Waals surface area contributed by atoms with E-state index in [1.165, 1.54) is 6.42 Å². The van der Waals surface area contributed by atoms with Gasteiger partial charge in [0.1, 0.15) is 0 Å². The van der Waals surface area contributed by atoms with E-state index in [0.29, 0.717) is 24.4 Å². The lowest BCUT2D eigenvalue weighted by molar-refractivity contribution is -0.0602. The summed E-state index contributed by atoms with van der Waals surface area (Å²) in [5.74, 6) is 1.49. The Kier molecular flexibility index (Phi) is 3.70. The third-order valence-electron chi connectivity index (χ3n) is 3.82. The molecule has 112 valence electrons. The number of rotatable bonds is 6. The Bertz CT molecular complexity index is 589. The van der Waals surface area contributed by atoms with Crippen LogP contribution in [0.25, 0.3) is 5.95 Å². The van der Waals surface area contributed by atoms with E-state index >= 15 is 0 Å². The fourth-order valence-corrected chi connectivity index (χ4v) is 2.31. The van der Waals surface area contributed by atoms with Crippen LogP contribution in [0.1, 0.15) is 19.3 Å². The summed E-state index contributed by atoms with van der Waals surface area (Å²) >= 11 is 0. The van der Waals surface area contributed by atoms with E-state index in [-0.39, 0.29) is 5.60 Å². The van der Waals surface area contributed by atoms with Gasteiger partial charge in [0, 0.05) is 33.1 Å². The highest BCUT2D eigenvalue weighted by molar-refractivity contribution is 5.37. The number of aromatic nitrogens is 5. The number of methoxy groups -OCH3 is 1. The van der Waals surface area contributed by atoms with Gasteiger partial charge in [-0.2, -0.15) is 20.1 Å². The van der Waals surface area contributed by atoms with Crippen molar-refractivity contribution in [2.75, 3.05) is 31.3 Å². The van der Waals surface area contributed by atoms with Crippen LogP contribution >= 0.6 is 0 Å². The Morgan fingerprint density at radius 2 is 2.10 bits per heavy atom. The van der Waals surface area contributed by atoms with Crippen molar-refractivity contribution in [3.05, 3.63) is 18.5 Å². The van der Waals surface area contributed by atoms with Gasteiger partial charge in [-0.1, -0.05) is 0 Å². The quantitative estimate of drug-likeness (QED) is 0.822. The van der Waals surface area contributed by atoms with Gasteiger partial charge in [-0.05, 0) is 25.3 Å². The summed E-state index contributed by atoms with van der Waals surface area (Å²) in [7, 11) is 3.52. The van der Waals surface area contributed by atoms with Crippen LogP contribution < -0.4 is 10.6 Å². The van der Waals surface area contributed by atoms with E-state index in [1.807, 2.05) is 6.07 Å². The highest BCUT2D eigenvalue weighted by Gasteiger charge is 2.36. The molecule has 2 heterocycles. The van der Waals surface area contributed by atoms with Crippen LogP contribution in [0.2, 0.25) is 0 Å². The normalized spacial score (nSPS) is 16.3. The zero-order chi connectivity index (χ0) is 14.7. The smallest absolute Gasteiger partial charge is 0.257 e. The van der Waals surface area contributed by atoms with Gasteiger partial charge in [0.05, 0.1) is 5.60 Å². The molecule has 1 aliphatic rings. The summed E-state index contributed by atoms with van der Waals surface area (Å²) in [6.45, 7) is 0.690. The van der Waals surface area contributed by atoms with Crippen LogP contribution in [0.4, 0.5) is 11.9 Å². The van der Waals surface area contributed by atoms with Gasteiger partial charge in [0.2, 0.25) is 11.9 Å². The number of anilines is 2. The summed E-state index contributed by atoms with van der Waals surface area (Å²) in [4.78, 5) is 13.0. The first-order chi connectivity index (χ1) is 10.2. The van der Waals surface area contributed by atoms with E-state index in [9.17, 15) is 0 Å². The number of hydrogen-bond acceptors (Lipinski definition) is 7. The first-order valence-corrected chi connectivity index (χ1v) is 6.97. The monoisotopic (exact) mass is 289 g/mol. The van der Waals surface area contributed by atoms with Crippen molar-refractivity contribution in [1.29, 1.82) is 0 Å². The van der Waals surface area contributed by atoms with Crippen molar-refractivity contribution in [3.63, 3.8) is 0 Å². The van der Waals surface area contributed by atoms with Crippen LogP contribution in [-0.4, -0.2) is 51.0 Å². The second-order valence-electron chi connectivity index (χ2n) is 5.08. The van der Waals surface area contributed by atoms with Crippen LogP contribution in [0, 0.1) is 0 Å². The average Bonchev–Trinajstić information content (AvgIpc) is 3.00. The summed E-state index contributed by atoms with van der Waals surface area (Å²) in [5.41, 5.74) is -0.0850. The lowest BCUT2D eigenvalue weighted by atomic mass is 9.80. The second-order valence-corrected chi connectivity index (χ2v) is 5.08. The van der Waals surface area contributed by atoms with Gasteiger partial charge >= 0.3 is 0 Å². The number of ether oxygens (including phenoxy) is 1. The van der Waals surface area contributed by atoms with Crippen molar-refractivity contribution in [3.8, 4) is 5.95 Å². The van der Waals surface area contributed by atoms with Crippen molar-refractivity contribution < 1.29 is 4.74 Å². The van der Waals surface area contributed by atoms with Gasteiger partial charge < -0.3 is 15.4 Å².